The average molecular weight is 429 g/mol. The highest BCUT2D eigenvalue weighted by molar-refractivity contribution is 5.87. The first-order chi connectivity index (χ1) is 14.6. The number of hydrogen-bond donors (Lipinski definition) is 4. The summed E-state index contributed by atoms with van der Waals surface area (Å²) < 4.78 is 10.2. The second-order valence-corrected chi connectivity index (χ2v) is 7.75. The Labute approximate surface area is 180 Å². The standard InChI is InChI=1S/C22H27N3O6/c1-22(2,3)31-21(29)25-24-19(27)18(13-15-9-11-17(26)12-10-15)23-20(28)30-14-16-7-5-4-6-8-16/h4-12,18,26H,13-14H2,1-3H3,(H,23,28)(H,24,27)(H,25,29)/t18-/m0/s1. The molecule has 2 rings (SSSR count). The van der Waals surface area contributed by atoms with Gasteiger partial charge in [0.25, 0.3) is 5.91 Å². The van der Waals surface area contributed by atoms with Crippen molar-refractivity contribution >= 4 is 18.1 Å². The molecule has 0 aliphatic carbocycles. The Morgan fingerprint density at radius 3 is 2.16 bits per heavy atom. The van der Waals surface area contributed by atoms with Crippen molar-refractivity contribution in [1.29, 1.82) is 0 Å². The van der Waals surface area contributed by atoms with E-state index < -0.39 is 29.7 Å². The Morgan fingerprint density at radius 2 is 1.55 bits per heavy atom. The van der Waals surface area contributed by atoms with Crippen LogP contribution in [0.1, 0.15) is 31.9 Å². The van der Waals surface area contributed by atoms with Crippen LogP contribution in [0, 0.1) is 0 Å². The van der Waals surface area contributed by atoms with Crippen LogP contribution in [-0.4, -0.2) is 34.8 Å². The molecule has 0 spiro atoms. The minimum Gasteiger partial charge on any atom is -0.508 e. The summed E-state index contributed by atoms with van der Waals surface area (Å²) in [5, 5.41) is 11.9. The quantitative estimate of drug-likeness (QED) is 0.523. The lowest BCUT2D eigenvalue weighted by Crippen LogP contribution is -2.53. The largest absolute Gasteiger partial charge is 0.508 e. The third-order valence-corrected chi connectivity index (χ3v) is 3.88. The highest BCUT2D eigenvalue weighted by atomic mass is 16.6. The molecule has 2 aromatic rings. The first kappa shape index (κ1) is 23.5. The SMILES string of the molecule is CC(C)(C)OC(=O)NNC(=O)[C@H](Cc1ccc(O)cc1)NC(=O)OCc1ccccc1. The smallest absolute Gasteiger partial charge is 0.426 e. The molecular formula is C22H27N3O6. The maximum atomic E-state index is 12.6. The lowest BCUT2D eigenvalue weighted by Gasteiger charge is -2.21. The fourth-order valence-corrected chi connectivity index (χ4v) is 2.49. The summed E-state index contributed by atoms with van der Waals surface area (Å²) in [6, 6.07) is 14.2. The van der Waals surface area contributed by atoms with Crippen LogP contribution in [0.25, 0.3) is 0 Å². The number of alkyl carbamates (subject to hydrolysis) is 1. The van der Waals surface area contributed by atoms with Gasteiger partial charge in [-0.2, -0.15) is 0 Å². The predicted octanol–water partition coefficient (Wildman–Crippen LogP) is 2.79. The van der Waals surface area contributed by atoms with Gasteiger partial charge in [-0.25, -0.2) is 15.0 Å². The third kappa shape index (κ3) is 9.07. The van der Waals surface area contributed by atoms with Gasteiger partial charge in [0, 0.05) is 6.42 Å². The number of aromatic hydroxyl groups is 1. The molecule has 3 amide bonds. The molecule has 166 valence electrons. The summed E-state index contributed by atoms with van der Waals surface area (Å²) in [5.41, 5.74) is 5.12. The molecule has 0 heterocycles. The Balaban J connectivity index is 1.99. The van der Waals surface area contributed by atoms with Gasteiger partial charge in [0.05, 0.1) is 0 Å². The Hall–Kier alpha value is -3.75. The van der Waals surface area contributed by atoms with Crippen molar-refractivity contribution in [3.8, 4) is 5.75 Å². The highest BCUT2D eigenvalue weighted by Crippen LogP contribution is 2.12. The van der Waals surface area contributed by atoms with Gasteiger partial charge in [-0.1, -0.05) is 42.5 Å². The van der Waals surface area contributed by atoms with E-state index in [1.807, 2.05) is 18.2 Å². The highest BCUT2D eigenvalue weighted by Gasteiger charge is 2.24. The summed E-state index contributed by atoms with van der Waals surface area (Å²) in [6.07, 6.45) is -1.53. The zero-order chi connectivity index (χ0) is 22.9. The van der Waals surface area contributed by atoms with E-state index in [1.165, 1.54) is 12.1 Å². The first-order valence-electron chi connectivity index (χ1n) is 9.66. The molecule has 0 fully saturated rings. The van der Waals surface area contributed by atoms with E-state index in [0.717, 1.165) is 5.56 Å². The molecule has 0 bridgehead atoms. The van der Waals surface area contributed by atoms with Crippen molar-refractivity contribution in [3.63, 3.8) is 0 Å². The average Bonchev–Trinajstić information content (AvgIpc) is 2.71. The fourth-order valence-electron chi connectivity index (χ4n) is 2.49. The minimum absolute atomic E-state index is 0.0381. The Bertz CT molecular complexity index is 878. The predicted molar refractivity (Wildman–Crippen MR) is 113 cm³/mol. The number of amides is 3. The van der Waals surface area contributed by atoms with Gasteiger partial charge >= 0.3 is 12.2 Å². The molecule has 2 aromatic carbocycles. The van der Waals surface area contributed by atoms with Gasteiger partial charge in [-0.15, -0.1) is 0 Å². The number of phenolic OH excluding ortho intramolecular Hbond substituents is 1. The number of nitrogens with one attached hydrogen (secondary N) is 3. The van der Waals surface area contributed by atoms with Gasteiger partial charge in [-0.3, -0.25) is 10.2 Å². The van der Waals surface area contributed by atoms with Crippen molar-refractivity contribution < 1.29 is 29.0 Å². The molecule has 31 heavy (non-hydrogen) atoms. The Kier molecular flexibility index (Phi) is 8.25. The van der Waals surface area contributed by atoms with Crippen LogP contribution in [-0.2, 0) is 27.3 Å². The lowest BCUT2D eigenvalue weighted by molar-refractivity contribution is -0.124. The molecule has 0 saturated carbocycles. The number of ether oxygens (including phenoxy) is 2. The zero-order valence-electron chi connectivity index (χ0n) is 17.7. The monoisotopic (exact) mass is 429 g/mol. The van der Waals surface area contributed by atoms with E-state index in [-0.39, 0.29) is 18.8 Å². The van der Waals surface area contributed by atoms with Crippen LogP contribution in [0.4, 0.5) is 9.59 Å². The van der Waals surface area contributed by atoms with Crippen LogP contribution >= 0.6 is 0 Å². The first-order valence-corrected chi connectivity index (χ1v) is 9.66. The molecular weight excluding hydrogens is 402 g/mol. The summed E-state index contributed by atoms with van der Waals surface area (Å²) >= 11 is 0. The third-order valence-electron chi connectivity index (χ3n) is 3.88. The maximum Gasteiger partial charge on any atom is 0.426 e. The van der Waals surface area contributed by atoms with Crippen LogP contribution in [0.3, 0.4) is 0 Å². The molecule has 0 radical (unpaired) electrons. The van der Waals surface area contributed by atoms with E-state index in [1.54, 1.807) is 45.0 Å². The van der Waals surface area contributed by atoms with Gasteiger partial charge in [0.1, 0.15) is 24.0 Å². The maximum absolute atomic E-state index is 12.6. The van der Waals surface area contributed by atoms with E-state index in [2.05, 4.69) is 16.2 Å². The number of phenols is 1. The molecule has 4 N–H and O–H groups in total. The van der Waals surface area contributed by atoms with Crippen LogP contribution < -0.4 is 16.2 Å². The molecule has 9 nitrogen and oxygen atoms in total. The lowest BCUT2D eigenvalue weighted by atomic mass is 10.1. The number of benzene rings is 2. The second kappa shape index (κ2) is 10.9. The van der Waals surface area contributed by atoms with E-state index in [4.69, 9.17) is 9.47 Å². The number of carbonyl (C=O) groups is 3. The second-order valence-electron chi connectivity index (χ2n) is 7.75. The van der Waals surface area contributed by atoms with Crippen LogP contribution in [0.5, 0.6) is 5.75 Å². The summed E-state index contributed by atoms with van der Waals surface area (Å²) in [6.45, 7) is 5.10. The molecule has 0 saturated heterocycles. The van der Waals surface area contributed by atoms with E-state index in [0.29, 0.717) is 5.56 Å². The van der Waals surface area contributed by atoms with Gasteiger partial charge < -0.3 is 19.9 Å². The summed E-state index contributed by atoms with van der Waals surface area (Å²) in [4.78, 5) is 36.6. The van der Waals surface area contributed by atoms with Crippen LogP contribution in [0.2, 0.25) is 0 Å². The topological polar surface area (TPSA) is 126 Å². The normalized spacial score (nSPS) is 11.7. The fraction of sp³-hybridized carbons (Fsp3) is 0.318. The Morgan fingerprint density at radius 1 is 0.903 bits per heavy atom. The van der Waals surface area contributed by atoms with Crippen molar-refractivity contribution in [2.75, 3.05) is 0 Å². The van der Waals surface area contributed by atoms with E-state index in [9.17, 15) is 19.5 Å². The molecule has 0 aromatic heterocycles. The van der Waals surface area contributed by atoms with Crippen molar-refractivity contribution in [3.05, 3.63) is 65.7 Å². The number of carbonyl (C=O) groups excluding carboxylic acids is 3. The molecule has 0 aliphatic heterocycles. The van der Waals surface area contributed by atoms with E-state index >= 15 is 0 Å². The van der Waals surface area contributed by atoms with Gasteiger partial charge in [-0.05, 0) is 44.0 Å². The number of hydrazine groups is 1. The number of rotatable bonds is 6. The molecule has 1 atom stereocenters. The van der Waals surface area contributed by atoms with Crippen LogP contribution in [0.15, 0.2) is 54.6 Å². The minimum atomic E-state index is -1.05. The summed E-state index contributed by atoms with van der Waals surface area (Å²) in [7, 11) is 0. The van der Waals surface area contributed by atoms with Gasteiger partial charge in [0.15, 0.2) is 0 Å². The van der Waals surface area contributed by atoms with Crippen molar-refractivity contribution in [2.45, 2.75) is 45.4 Å². The van der Waals surface area contributed by atoms with Crippen molar-refractivity contribution in [2.24, 2.45) is 0 Å². The molecule has 0 unspecified atom stereocenters. The molecule has 0 aliphatic rings. The van der Waals surface area contributed by atoms with Gasteiger partial charge in [0.2, 0.25) is 0 Å². The zero-order valence-corrected chi connectivity index (χ0v) is 17.7. The van der Waals surface area contributed by atoms with Crippen molar-refractivity contribution in [1.82, 2.24) is 16.2 Å². The number of hydrogen-bond acceptors (Lipinski definition) is 6. The molecule has 9 heteroatoms. The summed E-state index contributed by atoms with van der Waals surface area (Å²) in [5.74, 6) is -0.595.